The minimum Gasteiger partial charge on any atom is -0.370 e. The standard InChI is InChI=1S/C14H19BrN4OS/c15-12-3-1-2-11(10-12)13(20)17-4-5-18-14(16)19-6-8-21-9-7-19/h1-3,10H,4-9H2,(H2,16,18)(H,17,20). The molecule has 1 amide bonds. The van der Waals surface area contributed by atoms with Gasteiger partial charge in [-0.1, -0.05) is 22.0 Å². The van der Waals surface area contributed by atoms with Gasteiger partial charge in [0.15, 0.2) is 5.96 Å². The van der Waals surface area contributed by atoms with Gasteiger partial charge in [0.2, 0.25) is 0 Å². The molecule has 0 saturated carbocycles. The second kappa shape index (κ2) is 8.29. The van der Waals surface area contributed by atoms with Gasteiger partial charge >= 0.3 is 0 Å². The van der Waals surface area contributed by atoms with Crippen LogP contribution >= 0.6 is 27.7 Å². The highest BCUT2D eigenvalue weighted by Gasteiger charge is 2.11. The van der Waals surface area contributed by atoms with Crippen LogP contribution in [0.2, 0.25) is 0 Å². The van der Waals surface area contributed by atoms with E-state index in [-0.39, 0.29) is 5.91 Å². The predicted molar refractivity (Wildman–Crippen MR) is 91.9 cm³/mol. The second-order valence-corrected chi connectivity index (χ2v) is 6.75. The van der Waals surface area contributed by atoms with Crippen molar-refractivity contribution >= 4 is 39.6 Å². The molecule has 7 heteroatoms. The molecule has 0 unspecified atom stereocenters. The van der Waals surface area contributed by atoms with Gasteiger partial charge in [0.05, 0.1) is 6.54 Å². The van der Waals surface area contributed by atoms with E-state index in [1.54, 1.807) is 12.1 Å². The van der Waals surface area contributed by atoms with Crippen molar-refractivity contribution in [1.82, 2.24) is 10.2 Å². The van der Waals surface area contributed by atoms with Gasteiger partial charge in [-0.25, -0.2) is 0 Å². The number of thioether (sulfide) groups is 1. The second-order valence-electron chi connectivity index (χ2n) is 4.61. The zero-order valence-electron chi connectivity index (χ0n) is 11.7. The number of guanidine groups is 1. The Morgan fingerprint density at radius 1 is 1.43 bits per heavy atom. The normalized spacial score (nSPS) is 15.9. The van der Waals surface area contributed by atoms with Crippen molar-refractivity contribution in [3.05, 3.63) is 34.3 Å². The largest absolute Gasteiger partial charge is 0.370 e. The zero-order chi connectivity index (χ0) is 15.1. The molecule has 114 valence electrons. The number of nitrogens with one attached hydrogen (secondary N) is 1. The number of carbonyl (C=O) groups excluding carboxylic acids is 1. The van der Waals surface area contributed by atoms with E-state index >= 15 is 0 Å². The van der Waals surface area contributed by atoms with E-state index in [1.165, 1.54) is 0 Å². The Labute approximate surface area is 137 Å². The molecule has 0 aromatic heterocycles. The Hall–Kier alpha value is -1.21. The summed E-state index contributed by atoms with van der Waals surface area (Å²) in [6.45, 7) is 2.87. The first-order chi connectivity index (χ1) is 10.2. The highest BCUT2D eigenvalue weighted by atomic mass is 79.9. The van der Waals surface area contributed by atoms with E-state index < -0.39 is 0 Å². The lowest BCUT2D eigenvalue weighted by atomic mass is 10.2. The number of halogens is 1. The molecular weight excluding hydrogens is 352 g/mol. The van der Waals surface area contributed by atoms with Crippen molar-refractivity contribution in [2.45, 2.75) is 0 Å². The molecule has 1 aliphatic heterocycles. The minimum absolute atomic E-state index is 0.0977. The molecule has 0 spiro atoms. The number of amides is 1. The third kappa shape index (κ3) is 5.24. The molecule has 3 N–H and O–H groups in total. The lowest BCUT2D eigenvalue weighted by Gasteiger charge is -2.27. The topological polar surface area (TPSA) is 70.7 Å². The van der Waals surface area contributed by atoms with Crippen LogP contribution in [-0.2, 0) is 0 Å². The molecule has 0 atom stereocenters. The lowest BCUT2D eigenvalue weighted by Crippen LogP contribution is -2.43. The molecule has 1 aliphatic rings. The fourth-order valence-electron chi connectivity index (χ4n) is 1.96. The average Bonchev–Trinajstić information content (AvgIpc) is 2.52. The van der Waals surface area contributed by atoms with Crippen LogP contribution in [0.5, 0.6) is 0 Å². The Bertz CT molecular complexity index is 517. The maximum absolute atomic E-state index is 11.9. The van der Waals surface area contributed by atoms with Gasteiger partial charge in [-0.3, -0.25) is 9.79 Å². The number of hydrogen-bond donors (Lipinski definition) is 2. The van der Waals surface area contributed by atoms with Crippen molar-refractivity contribution in [3.63, 3.8) is 0 Å². The predicted octanol–water partition coefficient (Wildman–Crippen LogP) is 1.54. The first-order valence-electron chi connectivity index (χ1n) is 6.83. The molecule has 0 aliphatic carbocycles. The van der Waals surface area contributed by atoms with Crippen LogP contribution in [0.3, 0.4) is 0 Å². The molecule has 21 heavy (non-hydrogen) atoms. The fraction of sp³-hybridized carbons (Fsp3) is 0.429. The van der Waals surface area contributed by atoms with Gasteiger partial charge in [-0.15, -0.1) is 0 Å². The number of nitrogens with zero attached hydrogens (tertiary/aromatic N) is 2. The van der Waals surface area contributed by atoms with Crippen LogP contribution in [0.4, 0.5) is 0 Å². The van der Waals surface area contributed by atoms with Gasteiger partial charge in [0, 0.05) is 41.2 Å². The molecule has 1 saturated heterocycles. The van der Waals surface area contributed by atoms with Crippen LogP contribution in [0, 0.1) is 0 Å². The van der Waals surface area contributed by atoms with E-state index in [2.05, 4.69) is 31.1 Å². The lowest BCUT2D eigenvalue weighted by molar-refractivity contribution is 0.0954. The molecule has 0 radical (unpaired) electrons. The number of carbonyl (C=O) groups is 1. The molecule has 1 heterocycles. The SMILES string of the molecule is NC(=NCCNC(=O)c1cccc(Br)c1)N1CCSCC1. The van der Waals surface area contributed by atoms with Crippen molar-refractivity contribution in [3.8, 4) is 0 Å². The summed E-state index contributed by atoms with van der Waals surface area (Å²) in [5, 5.41) is 2.84. The van der Waals surface area contributed by atoms with Gasteiger partial charge in [0.25, 0.3) is 5.91 Å². The van der Waals surface area contributed by atoms with Crippen molar-refractivity contribution in [2.75, 3.05) is 37.7 Å². The molecule has 1 aromatic carbocycles. The van der Waals surface area contributed by atoms with Crippen molar-refractivity contribution < 1.29 is 4.79 Å². The molecule has 0 bridgehead atoms. The summed E-state index contributed by atoms with van der Waals surface area (Å²) in [5.41, 5.74) is 6.58. The number of aliphatic imine (C=N–C) groups is 1. The van der Waals surface area contributed by atoms with Crippen LogP contribution in [0.15, 0.2) is 33.7 Å². The van der Waals surface area contributed by atoms with Crippen LogP contribution in [0.1, 0.15) is 10.4 Å². The van der Waals surface area contributed by atoms with Gasteiger partial charge < -0.3 is 16.0 Å². The maximum Gasteiger partial charge on any atom is 0.251 e. The van der Waals surface area contributed by atoms with Gasteiger partial charge in [-0.2, -0.15) is 11.8 Å². The Morgan fingerprint density at radius 3 is 2.90 bits per heavy atom. The molecular formula is C14H19BrN4OS. The molecule has 1 fully saturated rings. The number of benzene rings is 1. The maximum atomic E-state index is 11.9. The number of hydrogen-bond acceptors (Lipinski definition) is 3. The van der Waals surface area contributed by atoms with Crippen LogP contribution in [-0.4, -0.2) is 54.5 Å². The highest BCUT2D eigenvalue weighted by molar-refractivity contribution is 9.10. The van der Waals surface area contributed by atoms with Crippen LogP contribution in [0.25, 0.3) is 0 Å². The summed E-state index contributed by atoms with van der Waals surface area (Å²) >= 11 is 5.28. The van der Waals surface area contributed by atoms with E-state index in [0.717, 1.165) is 29.1 Å². The third-order valence-electron chi connectivity index (χ3n) is 3.09. The summed E-state index contributed by atoms with van der Waals surface area (Å²) < 4.78 is 0.889. The summed E-state index contributed by atoms with van der Waals surface area (Å²) in [5.74, 6) is 2.66. The number of rotatable bonds is 4. The quantitative estimate of drug-likeness (QED) is 0.479. The van der Waals surface area contributed by atoms with Crippen molar-refractivity contribution in [1.29, 1.82) is 0 Å². The molecule has 2 rings (SSSR count). The first kappa shape index (κ1) is 16.2. The Morgan fingerprint density at radius 2 is 2.19 bits per heavy atom. The van der Waals surface area contributed by atoms with E-state index in [1.807, 2.05) is 23.9 Å². The smallest absolute Gasteiger partial charge is 0.251 e. The van der Waals surface area contributed by atoms with Crippen molar-refractivity contribution in [2.24, 2.45) is 10.7 Å². The van der Waals surface area contributed by atoms with E-state index in [9.17, 15) is 4.79 Å². The Kier molecular flexibility index (Phi) is 6.38. The first-order valence-corrected chi connectivity index (χ1v) is 8.78. The zero-order valence-corrected chi connectivity index (χ0v) is 14.1. The average molecular weight is 371 g/mol. The molecule has 1 aromatic rings. The molecule has 5 nitrogen and oxygen atoms in total. The van der Waals surface area contributed by atoms with E-state index in [4.69, 9.17) is 5.73 Å². The summed E-state index contributed by atoms with van der Waals surface area (Å²) in [6, 6.07) is 7.30. The summed E-state index contributed by atoms with van der Waals surface area (Å²) in [6.07, 6.45) is 0. The Balaban J connectivity index is 1.74. The highest BCUT2D eigenvalue weighted by Crippen LogP contribution is 2.11. The fourth-order valence-corrected chi connectivity index (χ4v) is 3.27. The minimum atomic E-state index is -0.0977. The van der Waals surface area contributed by atoms with Gasteiger partial charge in [-0.05, 0) is 18.2 Å². The summed E-state index contributed by atoms with van der Waals surface area (Å²) in [4.78, 5) is 18.3. The van der Waals surface area contributed by atoms with Gasteiger partial charge in [0.1, 0.15) is 0 Å². The van der Waals surface area contributed by atoms with Crippen LogP contribution < -0.4 is 11.1 Å². The van der Waals surface area contributed by atoms with E-state index in [0.29, 0.717) is 24.6 Å². The monoisotopic (exact) mass is 370 g/mol. The summed E-state index contributed by atoms with van der Waals surface area (Å²) in [7, 11) is 0. The number of nitrogens with two attached hydrogens (primary N) is 1. The third-order valence-corrected chi connectivity index (χ3v) is 4.53.